The molecule has 11 rings (SSSR count). The standard InChI is InChI=1S/C58H42N4O2/c1-5-13-39(14-6-1)37-63-45-25-21-43(22-26-45)57-51-33-29-47(59-51)55(41-17-9-3-10-18-41)49-31-35-53(61-49)58(44-23-27-46(28-24-44)64-38-40-15-7-2-8-16-40)54-36-32-50(62-54)56(42-19-11-4-12-20-42)48-30-34-52(57)60-48/h1-36,59,62H,37-38H2. The van der Waals surface area contributed by atoms with Crippen LogP contribution in [0.4, 0.5) is 0 Å². The third kappa shape index (κ3) is 7.81. The first-order valence-electron chi connectivity index (χ1n) is 21.5. The van der Waals surface area contributed by atoms with Gasteiger partial charge in [0.15, 0.2) is 0 Å². The fourth-order valence-corrected chi connectivity index (χ4v) is 8.55. The lowest BCUT2D eigenvalue weighted by atomic mass is 10.0. The van der Waals surface area contributed by atoms with Gasteiger partial charge in [0.25, 0.3) is 0 Å². The van der Waals surface area contributed by atoms with Gasteiger partial charge in [-0.15, -0.1) is 0 Å². The first kappa shape index (κ1) is 38.4. The molecule has 9 aromatic rings. The third-order valence-electron chi connectivity index (χ3n) is 11.7. The smallest absolute Gasteiger partial charge is 0.119 e. The molecule has 5 heterocycles. The Morgan fingerprint density at radius 3 is 0.891 bits per heavy atom. The van der Waals surface area contributed by atoms with Crippen LogP contribution in [0.3, 0.4) is 0 Å². The van der Waals surface area contributed by atoms with Gasteiger partial charge in [0.05, 0.1) is 22.8 Å². The van der Waals surface area contributed by atoms with E-state index in [0.717, 1.165) is 112 Å². The molecule has 64 heavy (non-hydrogen) atoms. The molecule has 0 spiro atoms. The van der Waals surface area contributed by atoms with E-state index in [1.54, 1.807) is 0 Å². The molecule has 6 heteroatoms. The highest BCUT2D eigenvalue weighted by atomic mass is 16.5. The quantitative estimate of drug-likeness (QED) is 0.144. The number of ether oxygens (including phenoxy) is 2. The van der Waals surface area contributed by atoms with Gasteiger partial charge < -0.3 is 19.4 Å². The van der Waals surface area contributed by atoms with Gasteiger partial charge in [-0.05, 0) is 106 Å². The minimum atomic E-state index is 0.494. The third-order valence-corrected chi connectivity index (χ3v) is 11.7. The summed E-state index contributed by atoms with van der Waals surface area (Å²) >= 11 is 0. The number of nitrogens with one attached hydrogen (secondary N) is 2. The summed E-state index contributed by atoms with van der Waals surface area (Å²) in [6.07, 6.45) is 8.51. The first-order chi connectivity index (χ1) is 31.7. The second-order valence-electron chi connectivity index (χ2n) is 15.8. The molecule has 2 N–H and O–H groups in total. The van der Waals surface area contributed by atoms with Crippen molar-refractivity contribution in [3.63, 3.8) is 0 Å². The van der Waals surface area contributed by atoms with Crippen LogP contribution in [0, 0.1) is 0 Å². The maximum absolute atomic E-state index is 6.21. The van der Waals surface area contributed by atoms with Gasteiger partial charge in [0.2, 0.25) is 0 Å². The van der Waals surface area contributed by atoms with Gasteiger partial charge in [-0.25, -0.2) is 9.97 Å². The maximum atomic E-state index is 6.21. The first-order valence-corrected chi connectivity index (χ1v) is 21.5. The van der Waals surface area contributed by atoms with Crippen molar-refractivity contribution < 1.29 is 9.47 Å². The molecule has 0 fully saturated rings. The highest BCUT2D eigenvalue weighted by molar-refractivity contribution is 5.99. The number of hydrogen-bond donors (Lipinski definition) is 2. The van der Waals surface area contributed by atoms with Crippen LogP contribution in [-0.4, -0.2) is 19.9 Å². The van der Waals surface area contributed by atoms with E-state index in [0.29, 0.717) is 13.2 Å². The van der Waals surface area contributed by atoms with Crippen LogP contribution in [0.25, 0.3) is 90.9 Å². The van der Waals surface area contributed by atoms with Crippen molar-refractivity contribution in [1.29, 1.82) is 0 Å². The molecule has 2 aliphatic heterocycles. The Morgan fingerprint density at radius 1 is 0.297 bits per heavy atom. The number of aromatic amines is 2. The normalized spacial score (nSPS) is 11.8. The summed E-state index contributed by atoms with van der Waals surface area (Å²) in [7, 11) is 0. The Bertz CT molecular complexity index is 3110. The summed E-state index contributed by atoms with van der Waals surface area (Å²) in [5.41, 5.74) is 17.6. The zero-order valence-corrected chi connectivity index (χ0v) is 34.9. The molecule has 0 atom stereocenters. The molecule has 6 aromatic carbocycles. The minimum Gasteiger partial charge on any atom is -0.489 e. The molecular weight excluding hydrogens is 785 g/mol. The maximum Gasteiger partial charge on any atom is 0.119 e. The second-order valence-corrected chi connectivity index (χ2v) is 15.8. The summed E-state index contributed by atoms with van der Waals surface area (Å²) in [4.78, 5) is 18.6. The van der Waals surface area contributed by atoms with Gasteiger partial charge in [0, 0.05) is 44.3 Å². The summed E-state index contributed by atoms with van der Waals surface area (Å²) in [5, 5.41) is 0. The number of benzene rings is 6. The topological polar surface area (TPSA) is 75.8 Å². The van der Waals surface area contributed by atoms with Crippen molar-refractivity contribution in [3.05, 3.63) is 228 Å². The van der Waals surface area contributed by atoms with E-state index in [2.05, 4.69) is 156 Å². The average molecular weight is 827 g/mol. The average Bonchev–Trinajstić information content (AvgIpc) is 4.21. The fourth-order valence-electron chi connectivity index (χ4n) is 8.55. The van der Waals surface area contributed by atoms with E-state index < -0.39 is 0 Å². The number of hydrogen-bond acceptors (Lipinski definition) is 4. The number of aromatic nitrogens is 4. The van der Waals surface area contributed by atoms with Crippen molar-refractivity contribution in [1.82, 2.24) is 19.9 Å². The number of nitrogens with zero attached hydrogens (tertiary/aromatic N) is 2. The lowest BCUT2D eigenvalue weighted by Crippen LogP contribution is -1.95. The number of H-pyrrole nitrogens is 2. The van der Waals surface area contributed by atoms with Gasteiger partial charge >= 0.3 is 0 Å². The zero-order valence-electron chi connectivity index (χ0n) is 34.9. The highest BCUT2D eigenvalue weighted by Gasteiger charge is 2.19. The van der Waals surface area contributed by atoms with E-state index in [-0.39, 0.29) is 0 Å². The lowest BCUT2D eigenvalue weighted by Gasteiger charge is -2.09. The zero-order chi connectivity index (χ0) is 42.7. The van der Waals surface area contributed by atoms with Crippen molar-refractivity contribution in [3.8, 4) is 56.0 Å². The number of rotatable bonds is 10. The van der Waals surface area contributed by atoms with Gasteiger partial charge in [-0.3, -0.25) is 0 Å². The Morgan fingerprint density at radius 2 is 0.578 bits per heavy atom. The van der Waals surface area contributed by atoms with Gasteiger partial charge in [0.1, 0.15) is 24.7 Å². The molecule has 6 nitrogen and oxygen atoms in total. The van der Waals surface area contributed by atoms with Crippen molar-refractivity contribution in [2.75, 3.05) is 0 Å². The molecule has 0 saturated heterocycles. The van der Waals surface area contributed by atoms with Crippen LogP contribution in [0.5, 0.6) is 11.5 Å². The van der Waals surface area contributed by atoms with E-state index in [9.17, 15) is 0 Å². The predicted octanol–water partition coefficient (Wildman–Crippen LogP) is 14.5. The van der Waals surface area contributed by atoms with Gasteiger partial charge in [-0.2, -0.15) is 0 Å². The Kier molecular flexibility index (Phi) is 10.3. The highest BCUT2D eigenvalue weighted by Crippen LogP contribution is 2.39. The summed E-state index contributed by atoms with van der Waals surface area (Å²) in [5.74, 6) is 1.60. The molecule has 0 aliphatic carbocycles. The molecule has 0 unspecified atom stereocenters. The molecule has 3 aromatic heterocycles. The fraction of sp³-hybridized carbons (Fsp3) is 0.0345. The second kappa shape index (κ2) is 17.1. The Hall–Kier alpha value is -8.48. The predicted molar refractivity (Wildman–Crippen MR) is 262 cm³/mol. The van der Waals surface area contributed by atoms with Crippen LogP contribution in [0.1, 0.15) is 33.9 Å². The van der Waals surface area contributed by atoms with Crippen LogP contribution >= 0.6 is 0 Å². The lowest BCUT2D eigenvalue weighted by molar-refractivity contribution is 0.306. The minimum absolute atomic E-state index is 0.494. The molecule has 8 bridgehead atoms. The van der Waals surface area contributed by atoms with Crippen LogP contribution in [0.15, 0.2) is 194 Å². The summed E-state index contributed by atoms with van der Waals surface area (Å²) in [6.45, 7) is 0.989. The molecule has 0 radical (unpaired) electrons. The largest absolute Gasteiger partial charge is 0.489 e. The van der Waals surface area contributed by atoms with Crippen LogP contribution < -0.4 is 9.47 Å². The van der Waals surface area contributed by atoms with Crippen LogP contribution in [0.2, 0.25) is 0 Å². The van der Waals surface area contributed by atoms with E-state index in [1.165, 1.54) is 0 Å². The van der Waals surface area contributed by atoms with Crippen LogP contribution in [-0.2, 0) is 13.2 Å². The Labute approximate surface area is 371 Å². The Balaban J connectivity index is 1.13. The summed E-state index contributed by atoms with van der Waals surface area (Å²) in [6, 6.07) is 66.7. The van der Waals surface area contributed by atoms with Crippen molar-refractivity contribution in [2.24, 2.45) is 0 Å². The SMILES string of the molecule is C1=Cc2nc1c(-c1ccccc1)c1ccc([nH]1)c(-c1ccc(OCc3ccccc3)cc1)c1nc(c(-c3ccccc3)c3ccc([nH]3)c2-c2ccc(OCc3ccccc3)cc2)C=C1. The summed E-state index contributed by atoms with van der Waals surface area (Å²) < 4.78 is 12.4. The van der Waals surface area contributed by atoms with Crippen molar-refractivity contribution in [2.45, 2.75) is 13.2 Å². The number of fused-ring (bicyclic) bond motifs is 8. The van der Waals surface area contributed by atoms with E-state index in [4.69, 9.17) is 19.4 Å². The molecule has 2 aliphatic rings. The van der Waals surface area contributed by atoms with E-state index in [1.807, 2.05) is 72.8 Å². The molecule has 306 valence electrons. The van der Waals surface area contributed by atoms with E-state index >= 15 is 0 Å². The van der Waals surface area contributed by atoms with Crippen molar-refractivity contribution >= 4 is 46.4 Å². The molecular formula is C58H42N4O2. The monoisotopic (exact) mass is 826 g/mol. The van der Waals surface area contributed by atoms with Gasteiger partial charge in [-0.1, -0.05) is 146 Å². The molecule has 0 saturated carbocycles. The molecule has 0 amide bonds.